The molecule has 2 fully saturated rings. The van der Waals surface area contributed by atoms with Crippen molar-refractivity contribution in [1.82, 2.24) is 0 Å². The number of piperidine rings is 1. The Morgan fingerprint density at radius 3 is 2.33 bits per heavy atom. The number of esters is 1. The molecule has 3 nitrogen and oxygen atoms in total. The van der Waals surface area contributed by atoms with E-state index in [0.29, 0.717) is 5.92 Å². The topological polar surface area (TPSA) is 26.3 Å². The Kier molecular flexibility index (Phi) is 5.08. The summed E-state index contributed by atoms with van der Waals surface area (Å²) in [7, 11) is 4.52. The number of nitrogens with zero attached hydrogens (tertiary/aromatic N) is 1. The molecule has 1 saturated heterocycles. The van der Waals surface area contributed by atoms with Crippen molar-refractivity contribution in [2.45, 2.75) is 63.9 Å². The minimum Gasteiger partial charge on any atom is -0.461 e. The summed E-state index contributed by atoms with van der Waals surface area (Å²) in [4.78, 5) is 15.7. The van der Waals surface area contributed by atoms with E-state index in [2.05, 4.69) is 40.1 Å². The molecular weight excluding hydrogens is 318 g/mol. The molecule has 0 amide bonds. The second-order valence-electron chi connectivity index (χ2n) is 8.58. The van der Waals surface area contributed by atoms with E-state index >= 15 is 0 Å². The van der Waals surface area contributed by atoms with Gasteiger partial charge in [-0.2, -0.15) is 0 Å². The summed E-state index contributed by atoms with van der Waals surface area (Å²) in [5.41, 5.74) is -0.461. The van der Waals surface area contributed by atoms with Crippen molar-refractivity contribution < 1.29 is 14.0 Å². The van der Waals surface area contributed by atoms with Crippen LogP contribution < -0.4 is 0 Å². The van der Waals surface area contributed by atoms with Gasteiger partial charge in [-0.15, -0.1) is 11.3 Å². The fourth-order valence-electron chi connectivity index (χ4n) is 4.32. The molecule has 4 heteroatoms. The Hall–Kier alpha value is -0.870. The number of aryl methyl sites for hydroxylation is 1. The van der Waals surface area contributed by atoms with Gasteiger partial charge >= 0.3 is 5.97 Å². The third-order valence-electron chi connectivity index (χ3n) is 6.23. The maximum absolute atomic E-state index is 13.3. The van der Waals surface area contributed by atoms with Gasteiger partial charge in [0.2, 0.25) is 0 Å². The molecule has 3 rings (SSSR count). The largest absolute Gasteiger partial charge is 0.461 e. The quantitative estimate of drug-likeness (QED) is 0.598. The molecule has 1 aromatic rings. The number of thiophene rings is 1. The highest BCUT2D eigenvalue weighted by Crippen LogP contribution is 2.45. The van der Waals surface area contributed by atoms with Crippen LogP contribution in [-0.2, 0) is 14.9 Å². The molecule has 134 valence electrons. The molecule has 0 bridgehead atoms. The second-order valence-corrected chi connectivity index (χ2v) is 9.87. The predicted octanol–water partition coefficient (Wildman–Crippen LogP) is 4.29. The van der Waals surface area contributed by atoms with Crippen LogP contribution in [0.3, 0.4) is 0 Å². The van der Waals surface area contributed by atoms with Crippen molar-refractivity contribution in [3.63, 3.8) is 0 Å². The smallest absolute Gasteiger partial charge is 0.317 e. The Labute approximate surface area is 150 Å². The normalized spacial score (nSPS) is 24.7. The lowest BCUT2D eigenvalue weighted by atomic mass is 9.74. The zero-order chi connectivity index (χ0) is 17.4. The van der Waals surface area contributed by atoms with E-state index in [1.54, 1.807) is 11.3 Å². The van der Waals surface area contributed by atoms with Gasteiger partial charge in [0.05, 0.1) is 27.2 Å². The van der Waals surface area contributed by atoms with Gasteiger partial charge in [-0.05, 0) is 44.7 Å². The van der Waals surface area contributed by atoms with Crippen molar-refractivity contribution in [1.29, 1.82) is 0 Å². The average molecular weight is 351 g/mol. The van der Waals surface area contributed by atoms with Crippen LogP contribution in [0.4, 0.5) is 0 Å². The van der Waals surface area contributed by atoms with Crippen LogP contribution in [0.1, 0.15) is 55.2 Å². The van der Waals surface area contributed by atoms with Crippen molar-refractivity contribution in [2.75, 3.05) is 27.2 Å². The lowest BCUT2D eigenvalue weighted by Gasteiger charge is -2.39. The van der Waals surface area contributed by atoms with Gasteiger partial charge in [0, 0.05) is 22.6 Å². The maximum Gasteiger partial charge on any atom is 0.317 e. The van der Waals surface area contributed by atoms with Crippen molar-refractivity contribution in [3.05, 3.63) is 21.9 Å². The molecule has 2 heterocycles. The first-order chi connectivity index (χ1) is 11.3. The molecule has 0 spiro atoms. The number of rotatable bonds is 4. The molecule has 1 aromatic heterocycles. The van der Waals surface area contributed by atoms with Crippen LogP contribution in [0.2, 0.25) is 0 Å². The van der Waals surface area contributed by atoms with Crippen LogP contribution in [0.15, 0.2) is 12.1 Å². The number of quaternary nitrogens is 1. The molecule has 1 aliphatic heterocycles. The van der Waals surface area contributed by atoms with Gasteiger partial charge in [0.15, 0.2) is 0 Å². The fraction of sp³-hybridized carbons (Fsp3) is 0.750. The van der Waals surface area contributed by atoms with Crippen molar-refractivity contribution in [2.24, 2.45) is 5.92 Å². The Morgan fingerprint density at radius 1 is 1.17 bits per heavy atom. The van der Waals surface area contributed by atoms with Gasteiger partial charge < -0.3 is 9.22 Å². The van der Waals surface area contributed by atoms with Crippen LogP contribution in [-0.4, -0.2) is 43.7 Å². The van der Waals surface area contributed by atoms with E-state index in [1.807, 2.05) is 0 Å². The molecule has 1 saturated carbocycles. The van der Waals surface area contributed by atoms with Gasteiger partial charge in [-0.25, -0.2) is 0 Å². The molecule has 0 N–H and O–H groups in total. The minimum absolute atomic E-state index is 0.0217. The lowest BCUT2D eigenvalue weighted by Crippen LogP contribution is -2.49. The number of ether oxygens (including phenoxy) is 1. The van der Waals surface area contributed by atoms with Gasteiger partial charge in [-0.1, -0.05) is 12.8 Å². The number of carbonyl (C=O) groups is 1. The van der Waals surface area contributed by atoms with Crippen molar-refractivity contribution in [3.8, 4) is 0 Å². The molecule has 24 heavy (non-hydrogen) atoms. The standard InChI is InChI=1S/C20H32NO2S/c1-15-9-10-18(24-15)20(2,16-7-5-6-8-16)19(22)23-17-11-13-21(3,4)14-12-17/h9-10,16-17H,5-8,11-14H2,1-4H3/q+1/t20-/m1/s1. The molecule has 1 aliphatic carbocycles. The first kappa shape index (κ1) is 17.9. The van der Waals surface area contributed by atoms with E-state index in [4.69, 9.17) is 4.74 Å². The summed E-state index contributed by atoms with van der Waals surface area (Å²) < 4.78 is 7.12. The average Bonchev–Trinajstić information content (AvgIpc) is 3.20. The molecule has 0 aromatic carbocycles. The van der Waals surface area contributed by atoms with Gasteiger partial charge in [-0.3, -0.25) is 4.79 Å². The van der Waals surface area contributed by atoms with Crippen LogP contribution in [0.5, 0.6) is 0 Å². The van der Waals surface area contributed by atoms with E-state index < -0.39 is 5.41 Å². The maximum atomic E-state index is 13.3. The van der Waals surface area contributed by atoms with E-state index in [-0.39, 0.29) is 12.1 Å². The SMILES string of the molecule is Cc1ccc([C@](C)(C(=O)OC2CC[N+](C)(C)CC2)C2CCCC2)s1. The number of hydrogen-bond acceptors (Lipinski definition) is 3. The number of carbonyl (C=O) groups excluding carboxylic acids is 1. The van der Waals surface area contributed by atoms with Crippen LogP contribution in [0, 0.1) is 12.8 Å². The number of likely N-dealkylation sites (tertiary alicyclic amines) is 1. The molecular formula is C20H32NO2S+. The minimum atomic E-state index is -0.461. The summed E-state index contributed by atoms with van der Waals surface area (Å²) in [5, 5.41) is 0. The van der Waals surface area contributed by atoms with Crippen LogP contribution in [0.25, 0.3) is 0 Å². The Bertz CT molecular complexity index is 578. The monoisotopic (exact) mass is 350 g/mol. The summed E-state index contributed by atoms with van der Waals surface area (Å²) in [5.74, 6) is 0.451. The molecule has 2 aliphatic rings. The third-order valence-corrected chi connectivity index (χ3v) is 7.47. The number of hydrogen-bond donors (Lipinski definition) is 0. The molecule has 1 atom stereocenters. The summed E-state index contributed by atoms with van der Waals surface area (Å²) in [6.07, 6.45) is 6.87. The third kappa shape index (κ3) is 3.55. The highest BCUT2D eigenvalue weighted by molar-refractivity contribution is 7.12. The zero-order valence-electron chi connectivity index (χ0n) is 15.6. The Morgan fingerprint density at radius 2 is 1.79 bits per heavy atom. The highest BCUT2D eigenvalue weighted by Gasteiger charge is 2.47. The van der Waals surface area contributed by atoms with Gasteiger partial charge in [0.1, 0.15) is 11.5 Å². The van der Waals surface area contributed by atoms with Crippen LogP contribution >= 0.6 is 11.3 Å². The predicted molar refractivity (Wildman–Crippen MR) is 99.3 cm³/mol. The summed E-state index contributed by atoms with van der Waals surface area (Å²) in [6, 6.07) is 4.29. The molecule has 0 radical (unpaired) electrons. The molecule has 0 unspecified atom stereocenters. The van der Waals surface area contributed by atoms with Crippen molar-refractivity contribution >= 4 is 17.3 Å². The first-order valence-corrected chi connectivity index (χ1v) is 10.2. The second kappa shape index (κ2) is 6.80. The fourth-order valence-corrected chi connectivity index (χ4v) is 5.40. The summed E-state index contributed by atoms with van der Waals surface area (Å²) >= 11 is 1.77. The van der Waals surface area contributed by atoms with Gasteiger partial charge in [0.25, 0.3) is 0 Å². The van der Waals surface area contributed by atoms with E-state index in [0.717, 1.165) is 43.3 Å². The zero-order valence-corrected chi connectivity index (χ0v) is 16.5. The van der Waals surface area contributed by atoms with E-state index in [1.165, 1.54) is 22.6 Å². The summed E-state index contributed by atoms with van der Waals surface area (Å²) in [6.45, 7) is 6.45. The highest BCUT2D eigenvalue weighted by atomic mass is 32.1. The Balaban J connectivity index is 1.77. The van der Waals surface area contributed by atoms with E-state index in [9.17, 15) is 4.79 Å². The lowest BCUT2D eigenvalue weighted by molar-refractivity contribution is -0.896. The first-order valence-electron chi connectivity index (χ1n) is 9.41.